The number of nitrogens with two attached hydrogens (primary N) is 1. The van der Waals surface area contributed by atoms with E-state index in [1.54, 1.807) is 38.1 Å². The largest absolute Gasteiger partial charge is 0.489 e. The highest BCUT2D eigenvalue weighted by atomic mass is 35.5. The summed E-state index contributed by atoms with van der Waals surface area (Å²) in [6.45, 7) is 11.5. The van der Waals surface area contributed by atoms with E-state index in [1.807, 2.05) is 13.8 Å². The van der Waals surface area contributed by atoms with E-state index < -0.39 is 15.1 Å². The van der Waals surface area contributed by atoms with Crippen molar-refractivity contribution in [1.82, 2.24) is 14.9 Å². The molecular weight excluding hydrogens is 548 g/mol. The molecule has 0 radical (unpaired) electrons. The Morgan fingerprint density at radius 3 is 2.38 bits per heavy atom. The number of aryl methyl sites for hydroxylation is 1. The van der Waals surface area contributed by atoms with Gasteiger partial charge in [-0.3, -0.25) is 0 Å². The molecule has 0 unspecified atom stereocenters. The van der Waals surface area contributed by atoms with Crippen molar-refractivity contribution in [2.24, 2.45) is 0 Å². The minimum absolute atomic E-state index is 0.0403. The van der Waals surface area contributed by atoms with E-state index >= 15 is 0 Å². The predicted molar refractivity (Wildman–Crippen MR) is 163 cm³/mol. The molecule has 11 heteroatoms. The van der Waals surface area contributed by atoms with Gasteiger partial charge in [-0.25, -0.2) is 8.42 Å². The normalized spacial score (nSPS) is 15.0. The molecule has 1 aliphatic rings. The Kier molecular flexibility index (Phi) is 9.12. The first-order valence-corrected chi connectivity index (χ1v) is 15.5. The Balaban J connectivity index is 1.69. The zero-order valence-corrected chi connectivity index (χ0v) is 25.5. The SMILES string of the molecule is Cc1cc(Nc2nc(N)c(Cl)c(Nc3ccccc3S(=O)(=O)C(C)C)n2)c(OC(C)C)cc1C1CCN(C)CC1. The molecule has 0 saturated carbocycles. The summed E-state index contributed by atoms with van der Waals surface area (Å²) in [5, 5.41) is 5.82. The number of halogens is 1. The number of sulfone groups is 1. The molecule has 1 aliphatic heterocycles. The minimum Gasteiger partial charge on any atom is -0.489 e. The monoisotopic (exact) mass is 586 g/mol. The molecule has 40 heavy (non-hydrogen) atoms. The van der Waals surface area contributed by atoms with Gasteiger partial charge in [0.05, 0.1) is 27.6 Å². The third-order valence-corrected chi connectivity index (χ3v) is 9.66. The molecule has 0 aliphatic carbocycles. The molecule has 4 N–H and O–H groups in total. The van der Waals surface area contributed by atoms with Crippen molar-refractivity contribution in [3.05, 3.63) is 52.5 Å². The van der Waals surface area contributed by atoms with E-state index in [4.69, 9.17) is 22.1 Å². The molecule has 0 spiro atoms. The highest BCUT2D eigenvalue weighted by molar-refractivity contribution is 7.92. The van der Waals surface area contributed by atoms with E-state index in [2.05, 4.69) is 51.6 Å². The van der Waals surface area contributed by atoms with E-state index in [0.29, 0.717) is 23.0 Å². The van der Waals surface area contributed by atoms with Crippen LogP contribution in [-0.2, 0) is 9.84 Å². The highest BCUT2D eigenvalue weighted by Gasteiger charge is 2.25. The van der Waals surface area contributed by atoms with Crippen LogP contribution in [0.3, 0.4) is 0 Å². The maximum atomic E-state index is 13.0. The van der Waals surface area contributed by atoms with Gasteiger partial charge in [0.2, 0.25) is 5.95 Å². The summed E-state index contributed by atoms with van der Waals surface area (Å²) in [4.78, 5) is 11.4. The van der Waals surface area contributed by atoms with Crippen LogP contribution in [-0.4, -0.2) is 54.8 Å². The van der Waals surface area contributed by atoms with Crippen molar-refractivity contribution >= 4 is 50.4 Å². The van der Waals surface area contributed by atoms with Crippen LogP contribution < -0.4 is 21.1 Å². The fourth-order valence-electron chi connectivity index (χ4n) is 4.84. The van der Waals surface area contributed by atoms with Gasteiger partial charge in [0, 0.05) is 0 Å². The first-order chi connectivity index (χ1) is 18.9. The average Bonchev–Trinajstić information content (AvgIpc) is 2.89. The molecule has 0 atom stereocenters. The van der Waals surface area contributed by atoms with Crippen molar-refractivity contribution < 1.29 is 13.2 Å². The molecule has 2 heterocycles. The highest BCUT2D eigenvalue weighted by Crippen LogP contribution is 2.39. The molecule has 1 aromatic heterocycles. The van der Waals surface area contributed by atoms with Crippen molar-refractivity contribution in [1.29, 1.82) is 0 Å². The fraction of sp³-hybridized carbons (Fsp3) is 0.448. The summed E-state index contributed by atoms with van der Waals surface area (Å²) >= 11 is 6.47. The van der Waals surface area contributed by atoms with Gasteiger partial charge >= 0.3 is 0 Å². The lowest BCUT2D eigenvalue weighted by Gasteiger charge is -2.30. The van der Waals surface area contributed by atoms with Crippen LogP contribution in [0, 0.1) is 6.92 Å². The first kappa shape index (κ1) is 29.9. The predicted octanol–water partition coefficient (Wildman–Crippen LogP) is 6.29. The van der Waals surface area contributed by atoms with Crippen LogP contribution in [0.4, 0.5) is 29.0 Å². The maximum absolute atomic E-state index is 13.0. The number of piperidine rings is 1. The number of likely N-dealkylation sites (tertiary alicyclic amines) is 1. The van der Waals surface area contributed by atoms with Crippen LogP contribution in [0.1, 0.15) is 57.6 Å². The summed E-state index contributed by atoms with van der Waals surface area (Å²) in [6, 6.07) is 10.8. The van der Waals surface area contributed by atoms with Gasteiger partial charge in [-0.1, -0.05) is 23.7 Å². The Labute approximate surface area is 242 Å². The second kappa shape index (κ2) is 12.2. The number of para-hydroxylation sites is 1. The number of hydrogen-bond donors (Lipinski definition) is 3. The number of nitrogens with one attached hydrogen (secondary N) is 2. The zero-order chi connectivity index (χ0) is 29.2. The van der Waals surface area contributed by atoms with Gasteiger partial charge in [0.15, 0.2) is 15.7 Å². The van der Waals surface area contributed by atoms with Gasteiger partial charge in [0.25, 0.3) is 0 Å². The summed E-state index contributed by atoms with van der Waals surface area (Å²) in [7, 11) is -1.40. The van der Waals surface area contributed by atoms with Crippen LogP contribution in [0.25, 0.3) is 0 Å². The number of anilines is 5. The number of rotatable bonds is 9. The van der Waals surface area contributed by atoms with E-state index in [1.165, 1.54) is 5.56 Å². The second-order valence-electron chi connectivity index (χ2n) is 10.9. The Bertz CT molecular complexity index is 1470. The molecular formula is C29H39ClN6O3S. The Morgan fingerprint density at radius 2 is 1.73 bits per heavy atom. The van der Waals surface area contributed by atoms with Gasteiger partial charge < -0.3 is 26.0 Å². The molecule has 3 aromatic rings. The van der Waals surface area contributed by atoms with Gasteiger partial charge in [-0.2, -0.15) is 9.97 Å². The van der Waals surface area contributed by atoms with Gasteiger partial charge in [-0.05, 0) is 109 Å². The van der Waals surface area contributed by atoms with E-state index in [9.17, 15) is 8.42 Å². The summed E-state index contributed by atoms with van der Waals surface area (Å²) < 4.78 is 32.1. The zero-order valence-electron chi connectivity index (χ0n) is 24.0. The Morgan fingerprint density at radius 1 is 1.05 bits per heavy atom. The lowest BCUT2D eigenvalue weighted by molar-refractivity contribution is 0.241. The quantitative estimate of drug-likeness (QED) is 0.265. The third kappa shape index (κ3) is 6.62. The van der Waals surface area contributed by atoms with Gasteiger partial charge in [-0.15, -0.1) is 0 Å². The standard InChI is InChI=1S/C29H39ClN6O3S/c1-17(2)39-24-16-21(20-11-13-36(6)14-12-20)19(5)15-23(24)33-29-34-27(31)26(30)28(35-29)32-22-9-7-8-10-25(22)40(37,38)18(3)4/h7-10,15-18,20H,11-14H2,1-6H3,(H4,31,32,33,34,35). The number of nitrogen functional groups attached to an aromatic ring is 1. The number of nitrogens with zero attached hydrogens (tertiary/aromatic N) is 3. The smallest absolute Gasteiger partial charge is 0.231 e. The molecule has 1 saturated heterocycles. The van der Waals surface area contributed by atoms with Crippen LogP contribution >= 0.6 is 11.6 Å². The second-order valence-corrected chi connectivity index (χ2v) is 13.7. The number of ether oxygens (including phenoxy) is 1. The van der Waals surface area contributed by atoms with E-state index in [0.717, 1.165) is 31.5 Å². The average molecular weight is 587 g/mol. The maximum Gasteiger partial charge on any atom is 0.231 e. The molecule has 4 rings (SSSR count). The molecule has 216 valence electrons. The Hall–Kier alpha value is -3.08. The van der Waals surface area contributed by atoms with Crippen molar-refractivity contribution in [2.75, 3.05) is 36.5 Å². The van der Waals surface area contributed by atoms with E-state index in [-0.39, 0.29) is 33.6 Å². The number of benzene rings is 2. The third-order valence-electron chi connectivity index (χ3n) is 7.08. The molecule has 1 fully saturated rings. The number of hydrogen-bond acceptors (Lipinski definition) is 9. The van der Waals surface area contributed by atoms with Crippen molar-refractivity contribution in [2.45, 2.75) is 69.6 Å². The van der Waals surface area contributed by atoms with Crippen molar-refractivity contribution in [3.63, 3.8) is 0 Å². The molecule has 0 bridgehead atoms. The summed E-state index contributed by atoms with van der Waals surface area (Å²) in [5.74, 6) is 1.62. The summed E-state index contributed by atoms with van der Waals surface area (Å²) in [6.07, 6.45) is 2.16. The number of aromatic nitrogens is 2. The van der Waals surface area contributed by atoms with Gasteiger partial charge in [0.1, 0.15) is 16.6 Å². The summed E-state index contributed by atoms with van der Waals surface area (Å²) in [5.41, 5.74) is 9.67. The van der Waals surface area contributed by atoms with Crippen LogP contribution in [0.5, 0.6) is 5.75 Å². The fourth-order valence-corrected chi connectivity index (χ4v) is 6.17. The van der Waals surface area contributed by atoms with Crippen molar-refractivity contribution in [3.8, 4) is 5.75 Å². The molecule has 0 amide bonds. The van der Waals surface area contributed by atoms with Crippen LogP contribution in [0.15, 0.2) is 41.3 Å². The van der Waals surface area contributed by atoms with Crippen LogP contribution in [0.2, 0.25) is 5.02 Å². The topological polar surface area (TPSA) is 122 Å². The lowest BCUT2D eigenvalue weighted by atomic mass is 9.86. The minimum atomic E-state index is -3.56. The lowest BCUT2D eigenvalue weighted by Crippen LogP contribution is -2.29. The molecule has 2 aromatic carbocycles. The molecule has 9 nitrogen and oxygen atoms in total. The first-order valence-electron chi connectivity index (χ1n) is 13.6.